The van der Waals surface area contributed by atoms with Crippen LogP contribution in [-0.2, 0) is 11.3 Å². The van der Waals surface area contributed by atoms with E-state index in [0.29, 0.717) is 40.7 Å². The molecule has 2 aromatic heterocycles. The first-order chi connectivity index (χ1) is 16.5. The van der Waals surface area contributed by atoms with Gasteiger partial charge in [-0.05, 0) is 49.4 Å². The van der Waals surface area contributed by atoms with Crippen LogP contribution in [0.4, 0.5) is 11.6 Å². The number of anilines is 2. The van der Waals surface area contributed by atoms with Gasteiger partial charge in [0.05, 0.1) is 18.1 Å². The Bertz CT molecular complexity index is 1140. The number of hydrogen-bond donors (Lipinski definition) is 1. The molecular formula is C24H29N5O4S. The van der Waals surface area contributed by atoms with Crippen LogP contribution in [0.15, 0.2) is 46.2 Å². The summed E-state index contributed by atoms with van der Waals surface area (Å²) in [6.07, 6.45) is 2.88. The first kappa shape index (κ1) is 22.6. The van der Waals surface area contributed by atoms with Crippen molar-refractivity contribution < 1.29 is 18.7 Å². The molecule has 3 unspecified atom stereocenters. The zero-order valence-corrected chi connectivity index (χ0v) is 20.4. The number of hydrogen-bond acceptors (Lipinski definition) is 8. The highest BCUT2D eigenvalue weighted by Gasteiger charge is 2.28. The lowest BCUT2D eigenvalue weighted by Gasteiger charge is -2.35. The molecule has 1 N–H and O–H groups in total. The van der Waals surface area contributed by atoms with Crippen molar-refractivity contribution in [2.45, 2.75) is 44.1 Å². The van der Waals surface area contributed by atoms with Gasteiger partial charge in [0.25, 0.3) is 0 Å². The summed E-state index contributed by atoms with van der Waals surface area (Å²) in [7, 11) is 0. The van der Waals surface area contributed by atoms with Crippen LogP contribution in [0, 0.1) is 11.8 Å². The monoisotopic (exact) mass is 483 g/mol. The number of thioether (sulfide) groups is 1. The summed E-state index contributed by atoms with van der Waals surface area (Å²) in [5, 5.41) is 12.3. The van der Waals surface area contributed by atoms with Crippen LogP contribution in [0.1, 0.15) is 33.0 Å². The van der Waals surface area contributed by atoms with Crippen molar-refractivity contribution in [3.8, 4) is 11.5 Å². The largest absolute Gasteiger partial charge is 0.467 e. The van der Waals surface area contributed by atoms with Gasteiger partial charge in [-0.1, -0.05) is 25.6 Å². The van der Waals surface area contributed by atoms with Gasteiger partial charge in [0.1, 0.15) is 5.76 Å². The van der Waals surface area contributed by atoms with E-state index in [4.69, 9.17) is 13.9 Å². The maximum absolute atomic E-state index is 12.9. The number of rotatable bonds is 7. The summed E-state index contributed by atoms with van der Waals surface area (Å²) < 4.78 is 18.4. The van der Waals surface area contributed by atoms with Crippen LogP contribution >= 0.6 is 11.8 Å². The number of carbonyl (C=O) groups excluding carboxylic acids is 1. The number of furan rings is 1. The van der Waals surface area contributed by atoms with Crippen molar-refractivity contribution >= 4 is 29.3 Å². The van der Waals surface area contributed by atoms with E-state index in [-0.39, 0.29) is 12.7 Å². The molecule has 0 saturated carbocycles. The van der Waals surface area contributed by atoms with Crippen LogP contribution in [0.25, 0.3) is 0 Å². The lowest BCUT2D eigenvalue weighted by atomic mass is 9.92. The minimum absolute atomic E-state index is 0.127. The second kappa shape index (κ2) is 9.61. The van der Waals surface area contributed by atoms with Gasteiger partial charge in [0.2, 0.25) is 18.6 Å². The fourth-order valence-electron chi connectivity index (χ4n) is 4.55. The summed E-state index contributed by atoms with van der Waals surface area (Å²) >= 11 is 1.38. The number of amides is 1. The molecule has 1 amide bonds. The summed E-state index contributed by atoms with van der Waals surface area (Å²) in [5.74, 6) is 3.99. The van der Waals surface area contributed by atoms with E-state index in [1.54, 1.807) is 24.5 Å². The zero-order valence-electron chi connectivity index (χ0n) is 19.6. The van der Waals surface area contributed by atoms with Gasteiger partial charge < -0.3 is 24.1 Å². The molecule has 4 heterocycles. The predicted octanol–water partition coefficient (Wildman–Crippen LogP) is 4.25. The minimum atomic E-state index is -0.392. The molecule has 3 aromatic rings. The Balaban J connectivity index is 1.33. The smallest absolute Gasteiger partial charge is 0.237 e. The second-order valence-corrected chi connectivity index (χ2v) is 10.4. The third-order valence-electron chi connectivity index (χ3n) is 6.03. The molecule has 0 radical (unpaired) electrons. The minimum Gasteiger partial charge on any atom is -0.467 e. The SMILES string of the molecule is CC1CC(C)CN(c2nnc(SC(C)C(=O)Nc3ccc4c(c3)OCO4)n2Cc2ccco2)C1. The van der Waals surface area contributed by atoms with Crippen molar-refractivity contribution in [2.24, 2.45) is 11.8 Å². The maximum Gasteiger partial charge on any atom is 0.237 e. The lowest BCUT2D eigenvalue weighted by molar-refractivity contribution is -0.115. The number of carbonyl (C=O) groups is 1. The zero-order chi connectivity index (χ0) is 23.7. The van der Waals surface area contributed by atoms with Crippen LogP contribution in [0.5, 0.6) is 11.5 Å². The van der Waals surface area contributed by atoms with Crippen molar-refractivity contribution in [2.75, 3.05) is 30.1 Å². The fourth-order valence-corrected chi connectivity index (χ4v) is 5.40. The Morgan fingerprint density at radius 2 is 1.97 bits per heavy atom. The molecule has 5 rings (SSSR count). The van der Waals surface area contributed by atoms with E-state index in [0.717, 1.165) is 24.8 Å². The number of aromatic nitrogens is 3. The summed E-state index contributed by atoms with van der Waals surface area (Å²) in [6.45, 7) is 8.98. The van der Waals surface area contributed by atoms with Gasteiger partial charge in [-0.2, -0.15) is 0 Å². The third-order valence-corrected chi connectivity index (χ3v) is 7.12. The van der Waals surface area contributed by atoms with Crippen LogP contribution in [-0.4, -0.2) is 45.8 Å². The summed E-state index contributed by atoms with van der Waals surface area (Å²) in [6, 6.07) is 9.18. The van der Waals surface area contributed by atoms with Crippen molar-refractivity contribution in [3.05, 3.63) is 42.4 Å². The Kier molecular flexibility index (Phi) is 6.40. The van der Waals surface area contributed by atoms with E-state index in [2.05, 4.69) is 38.8 Å². The molecule has 34 heavy (non-hydrogen) atoms. The third kappa shape index (κ3) is 4.86. The van der Waals surface area contributed by atoms with Crippen LogP contribution in [0.3, 0.4) is 0 Å². The van der Waals surface area contributed by atoms with E-state index >= 15 is 0 Å². The van der Waals surface area contributed by atoms with Gasteiger partial charge in [0.15, 0.2) is 16.7 Å². The number of nitrogens with zero attached hydrogens (tertiary/aromatic N) is 4. The average molecular weight is 484 g/mol. The average Bonchev–Trinajstić information content (AvgIpc) is 3.55. The number of ether oxygens (including phenoxy) is 2. The lowest BCUT2D eigenvalue weighted by Crippen LogP contribution is -2.40. The molecule has 2 aliphatic rings. The number of nitrogens with one attached hydrogen (secondary N) is 1. The van der Waals surface area contributed by atoms with Gasteiger partial charge >= 0.3 is 0 Å². The Morgan fingerprint density at radius 1 is 1.18 bits per heavy atom. The molecule has 1 saturated heterocycles. The van der Waals surface area contributed by atoms with E-state index in [1.165, 1.54) is 18.2 Å². The fraction of sp³-hybridized carbons (Fsp3) is 0.458. The molecule has 2 aliphatic heterocycles. The number of benzene rings is 1. The highest BCUT2D eigenvalue weighted by atomic mass is 32.2. The molecule has 1 aromatic carbocycles. The van der Waals surface area contributed by atoms with Crippen LogP contribution in [0.2, 0.25) is 0 Å². The summed E-state index contributed by atoms with van der Waals surface area (Å²) in [4.78, 5) is 15.3. The normalized spacial score (nSPS) is 20.4. The quantitative estimate of drug-likeness (QED) is 0.499. The first-order valence-corrected chi connectivity index (χ1v) is 12.4. The number of fused-ring (bicyclic) bond motifs is 1. The molecule has 1 fully saturated rings. The molecule has 0 aliphatic carbocycles. The van der Waals surface area contributed by atoms with Gasteiger partial charge in [-0.25, -0.2) is 0 Å². The molecular weight excluding hydrogens is 454 g/mol. The summed E-state index contributed by atoms with van der Waals surface area (Å²) in [5.41, 5.74) is 0.663. The molecule has 3 atom stereocenters. The second-order valence-electron chi connectivity index (χ2n) is 9.12. The van der Waals surface area contributed by atoms with E-state index in [1.807, 2.05) is 19.1 Å². The van der Waals surface area contributed by atoms with Gasteiger partial charge in [-0.3, -0.25) is 9.36 Å². The van der Waals surface area contributed by atoms with Crippen LogP contribution < -0.4 is 19.7 Å². The highest BCUT2D eigenvalue weighted by molar-refractivity contribution is 8.00. The highest BCUT2D eigenvalue weighted by Crippen LogP contribution is 2.35. The predicted molar refractivity (Wildman–Crippen MR) is 130 cm³/mol. The first-order valence-electron chi connectivity index (χ1n) is 11.5. The van der Waals surface area contributed by atoms with Crippen molar-refractivity contribution in [1.82, 2.24) is 14.8 Å². The molecule has 180 valence electrons. The molecule has 0 bridgehead atoms. The van der Waals surface area contributed by atoms with Crippen molar-refractivity contribution in [3.63, 3.8) is 0 Å². The molecule has 10 heteroatoms. The van der Waals surface area contributed by atoms with Gasteiger partial charge in [-0.15, -0.1) is 10.2 Å². The Morgan fingerprint density at radius 3 is 2.74 bits per heavy atom. The van der Waals surface area contributed by atoms with E-state index in [9.17, 15) is 4.79 Å². The topological polar surface area (TPSA) is 94.7 Å². The van der Waals surface area contributed by atoms with Crippen molar-refractivity contribution in [1.29, 1.82) is 0 Å². The molecule has 0 spiro atoms. The van der Waals surface area contributed by atoms with Gasteiger partial charge in [0, 0.05) is 24.8 Å². The van der Waals surface area contributed by atoms with E-state index < -0.39 is 5.25 Å². The number of piperidine rings is 1. The standard InChI is InChI=1S/C24H29N5O4S/c1-15-9-16(2)12-28(11-15)23-26-27-24(29(23)13-19-5-4-8-31-19)34-17(3)22(30)25-18-6-7-20-21(10-18)33-14-32-20/h4-8,10,15-17H,9,11-14H2,1-3H3,(H,25,30). The molecule has 9 nitrogen and oxygen atoms in total. The Labute approximate surface area is 202 Å². The Hall–Kier alpha value is -3.14. The maximum atomic E-state index is 12.9.